The van der Waals surface area contributed by atoms with E-state index in [0.717, 1.165) is 25.9 Å². The summed E-state index contributed by atoms with van der Waals surface area (Å²) in [6.45, 7) is 3.91. The van der Waals surface area contributed by atoms with Gasteiger partial charge < -0.3 is 10.1 Å². The van der Waals surface area contributed by atoms with Gasteiger partial charge in [-0.05, 0) is 45.0 Å². The average molecular weight is 209 g/mol. The van der Waals surface area contributed by atoms with E-state index in [9.17, 15) is 4.39 Å². The topological polar surface area (TPSA) is 21.3 Å². The second-order valence-electron chi connectivity index (χ2n) is 4.23. The molecule has 0 atom stereocenters. The largest absolute Gasteiger partial charge is 0.484 e. The van der Waals surface area contributed by atoms with Crippen LogP contribution in [0.15, 0.2) is 24.3 Å². The van der Waals surface area contributed by atoms with E-state index in [0.29, 0.717) is 5.75 Å². The summed E-state index contributed by atoms with van der Waals surface area (Å²) >= 11 is 0. The summed E-state index contributed by atoms with van der Waals surface area (Å²) in [5.74, 6) is 0.0826. The fraction of sp³-hybridized carbons (Fsp3) is 0.500. The molecule has 1 N–H and O–H groups in total. The third-order valence-electron chi connectivity index (χ3n) is 2.85. The van der Waals surface area contributed by atoms with Crippen molar-refractivity contribution in [2.75, 3.05) is 13.1 Å². The smallest absolute Gasteiger partial charge is 0.165 e. The van der Waals surface area contributed by atoms with Crippen LogP contribution in [0.2, 0.25) is 0 Å². The highest BCUT2D eigenvalue weighted by molar-refractivity contribution is 5.24. The maximum Gasteiger partial charge on any atom is 0.165 e. The lowest BCUT2D eigenvalue weighted by atomic mass is 9.94. The fourth-order valence-corrected chi connectivity index (χ4v) is 1.85. The zero-order valence-corrected chi connectivity index (χ0v) is 8.92. The van der Waals surface area contributed by atoms with Crippen molar-refractivity contribution < 1.29 is 9.13 Å². The lowest BCUT2D eigenvalue weighted by Crippen LogP contribution is -2.43. The molecule has 1 aliphatic heterocycles. The predicted octanol–water partition coefficient (Wildman–Crippen LogP) is 2.35. The number of halogens is 1. The van der Waals surface area contributed by atoms with E-state index in [4.69, 9.17) is 4.74 Å². The van der Waals surface area contributed by atoms with E-state index in [2.05, 4.69) is 5.32 Å². The third kappa shape index (κ3) is 2.48. The average Bonchev–Trinajstić information content (AvgIpc) is 2.22. The summed E-state index contributed by atoms with van der Waals surface area (Å²) in [5.41, 5.74) is -0.229. The highest BCUT2D eigenvalue weighted by atomic mass is 19.1. The van der Waals surface area contributed by atoms with E-state index >= 15 is 0 Å². The molecule has 0 aromatic heterocycles. The number of hydrogen-bond donors (Lipinski definition) is 1. The van der Waals surface area contributed by atoms with E-state index in [1.807, 2.05) is 6.92 Å². The van der Waals surface area contributed by atoms with Crippen molar-refractivity contribution in [1.29, 1.82) is 0 Å². The monoisotopic (exact) mass is 209 g/mol. The van der Waals surface area contributed by atoms with Gasteiger partial charge in [0.25, 0.3) is 0 Å². The molecule has 1 aliphatic rings. The molecule has 0 saturated carbocycles. The standard InChI is InChI=1S/C12H16FNO/c1-12(6-8-14-9-7-12)15-11-5-3-2-4-10(11)13/h2-5,14H,6-9H2,1H3. The Morgan fingerprint density at radius 1 is 1.27 bits per heavy atom. The SMILES string of the molecule is CC1(Oc2ccccc2F)CCNCC1. The minimum Gasteiger partial charge on any atom is -0.484 e. The second kappa shape index (κ2) is 4.19. The van der Waals surface area contributed by atoms with E-state index in [1.54, 1.807) is 18.2 Å². The van der Waals surface area contributed by atoms with Crippen molar-refractivity contribution in [3.05, 3.63) is 30.1 Å². The number of ether oxygens (including phenoxy) is 1. The predicted molar refractivity (Wildman–Crippen MR) is 57.5 cm³/mol. The van der Waals surface area contributed by atoms with Gasteiger partial charge in [-0.1, -0.05) is 12.1 Å². The molecule has 1 aromatic carbocycles. The molecule has 2 nitrogen and oxygen atoms in total. The Morgan fingerprint density at radius 2 is 1.93 bits per heavy atom. The van der Waals surface area contributed by atoms with Crippen LogP contribution in [0.25, 0.3) is 0 Å². The molecule has 0 spiro atoms. The number of piperidine rings is 1. The number of para-hydroxylation sites is 1. The highest BCUT2D eigenvalue weighted by Crippen LogP contribution is 2.27. The van der Waals surface area contributed by atoms with Gasteiger partial charge in [0.1, 0.15) is 5.60 Å². The van der Waals surface area contributed by atoms with Crippen LogP contribution < -0.4 is 10.1 Å². The van der Waals surface area contributed by atoms with Crippen molar-refractivity contribution >= 4 is 0 Å². The molecule has 1 heterocycles. The summed E-state index contributed by atoms with van der Waals surface area (Å²) in [6, 6.07) is 6.58. The van der Waals surface area contributed by atoms with E-state index in [-0.39, 0.29) is 11.4 Å². The number of rotatable bonds is 2. The summed E-state index contributed by atoms with van der Waals surface area (Å²) in [4.78, 5) is 0. The van der Waals surface area contributed by atoms with Crippen molar-refractivity contribution in [2.45, 2.75) is 25.4 Å². The molecule has 2 rings (SSSR count). The van der Waals surface area contributed by atoms with E-state index < -0.39 is 0 Å². The molecule has 1 fully saturated rings. The number of benzene rings is 1. The molecule has 15 heavy (non-hydrogen) atoms. The van der Waals surface area contributed by atoms with Crippen LogP contribution in [-0.4, -0.2) is 18.7 Å². The van der Waals surface area contributed by atoms with Gasteiger partial charge in [-0.25, -0.2) is 4.39 Å². The van der Waals surface area contributed by atoms with Gasteiger partial charge in [0.05, 0.1) is 0 Å². The number of nitrogens with one attached hydrogen (secondary N) is 1. The third-order valence-corrected chi connectivity index (χ3v) is 2.85. The summed E-state index contributed by atoms with van der Waals surface area (Å²) in [5, 5.41) is 3.27. The van der Waals surface area contributed by atoms with Crippen LogP contribution in [0.3, 0.4) is 0 Å². The Balaban J connectivity index is 2.10. The van der Waals surface area contributed by atoms with Gasteiger partial charge in [0, 0.05) is 0 Å². The Kier molecular flexibility index (Phi) is 2.91. The molecule has 0 amide bonds. The summed E-state index contributed by atoms with van der Waals surface area (Å²) in [7, 11) is 0. The zero-order chi connectivity index (χ0) is 10.7. The Hall–Kier alpha value is -1.09. The number of hydrogen-bond acceptors (Lipinski definition) is 2. The van der Waals surface area contributed by atoms with Crippen LogP contribution in [0.1, 0.15) is 19.8 Å². The normalized spacial score (nSPS) is 19.9. The van der Waals surface area contributed by atoms with Gasteiger partial charge >= 0.3 is 0 Å². The maximum absolute atomic E-state index is 13.4. The van der Waals surface area contributed by atoms with Gasteiger partial charge in [-0.3, -0.25) is 0 Å². The van der Waals surface area contributed by atoms with Crippen LogP contribution >= 0.6 is 0 Å². The van der Waals surface area contributed by atoms with Gasteiger partial charge in [-0.15, -0.1) is 0 Å². The fourth-order valence-electron chi connectivity index (χ4n) is 1.85. The molecule has 0 radical (unpaired) electrons. The van der Waals surface area contributed by atoms with Crippen molar-refractivity contribution in [1.82, 2.24) is 5.32 Å². The first-order valence-corrected chi connectivity index (χ1v) is 5.34. The lowest BCUT2D eigenvalue weighted by Gasteiger charge is -2.34. The van der Waals surface area contributed by atoms with Crippen LogP contribution in [-0.2, 0) is 0 Å². The molecule has 0 aliphatic carbocycles. The second-order valence-corrected chi connectivity index (χ2v) is 4.23. The summed E-state index contributed by atoms with van der Waals surface area (Å²) in [6.07, 6.45) is 1.84. The van der Waals surface area contributed by atoms with Crippen molar-refractivity contribution in [2.24, 2.45) is 0 Å². The quantitative estimate of drug-likeness (QED) is 0.807. The molecule has 3 heteroatoms. The Bertz CT molecular complexity index is 334. The molecular formula is C12H16FNO. The van der Waals surface area contributed by atoms with Crippen LogP contribution in [0.4, 0.5) is 4.39 Å². The summed E-state index contributed by atoms with van der Waals surface area (Å²) < 4.78 is 19.1. The first kappa shape index (κ1) is 10.4. The van der Waals surface area contributed by atoms with E-state index in [1.165, 1.54) is 6.07 Å². The molecule has 0 bridgehead atoms. The minimum atomic E-state index is -0.280. The van der Waals surface area contributed by atoms with Crippen LogP contribution in [0.5, 0.6) is 5.75 Å². The van der Waals surface area contributed by atoms with Crippen molar-refractivity contribution in [3.8, 4) is 5.75 Å². The molecule has 0 unspecified atom stereocenters. The molecule has 82 valence electrons. The first-order valence-electron chi connectivity index (χ1n) is 5.34. The Labute approximate surface area is 89.4 Å². The first-order chi connectivity index (χ1) is 7.20. The minimum absolute atomic E-state index is 0.229. The molecule has 1 aromatic rings. The van der Waals surface area contributed by atoms with Crippen molar-refractivity contribution in [3.63, 3.8) is 0 Å². The highest BCUT2D eigenvalue weighted by Gasteiger charge is 2.29. The van der Waals surface area contributed by atoms with Gasteiger partial charge in [0.15, 0.2) is 11.6 Å². The van der Waals surface area contributed by atoms with Gasteiger partial charge in [0.2, 0.25) is 0 Å². The molecule has 1 saturated heterocycles. The van der Waals surface area contributed by atoms with Crippen LogP contribution in [0, 0.1) is 5.82 Å². The van der Waals surface area contributed by atoms with Gasteiger partial charge in [-0.2, -0.15) is 0 Å². The maximum atomic E-state index is 13.4. The zero-order valence-electron chi connectivity index (χ0n) is 8.92. The Morgan fingerprint density at radius 3 is 2.60 bits per heavy atom. The lowest BCUT2D eigenvalue weighted by molar-refractivity contribution is 0.0514. The molecular weight excluding hydrogens is 193 g/mol.